The van der Waals surface area contributed by atoms with E-state index in [-0.39, 0.29) is 30.0 Å². The molecule has 0 saturated carbocycles. The molecule has 0 aromatic heterocycles. The second-order valence-electron chi connectivity index (χ2n) is 7.67. The maximum Gasteiger partial charge on any atom is 0.232 e. The van der Waals surface area contributed by atoms with Gasteiger partial charge in [0.15, 0.2) is 12.6 Å². The van der Waals surface area contributed by atoms with E-state index in [2.05, 4.69) is 15.9 Å². The summed E-state index contributed by atoms with van der Waals surface area (Å²) in [6.45, 7) is 2.55. The van der Waals surface area contributed by atoms with Gasteiger partial charge in [-0.25, -0.2) is 4.39 Å². The Morgan fingerprint density at radius 3 is 2.88 bits per heavy atom. The van der Waals surface area contributed by atoms with Crippen molar-refractivity contribution in [1.29, 1.82) is 0 Å². The van der Waals surface area contributed by atoms with Gasteiger partial charge < -0.3 is 18.9 Å². The van der Waals surface area contributed by atoms with Gasteiger partial charge in [0.05, 0.1) is 17.2 Å². The molecule has 5 rings (SSSR count). The molecule has 0 amide bonds. The lowest BCUT2D eigenvalue weighted by atomic mass is 10.0. The summed E-state index contributed by atoms with van der Waals surface area (Å²) in [5.41, 5.74) is 3.47. The fourth-order valence-corrected chi connectivity index (χ4v) is 4.56. The number of carbonyl (C=O) groups is 1. The normalized spacial score (nSPS) is 15.6. The number of hydrogen-bond acceptors (Lipinski definition) is 5. The lowest BCUT2D eigenvalue weighted by Crippen LogP contribution is -2.12. The molecule has 33 heavy (non-hydrogen) atoms. The van der Waals surface area contributed by atoms with Gasteiger partial charge in [0.25, 0.3) is 0 Å². The summed E-state index contributed by atoms with van der Waals surface area (Å²) in [6, 6.07) is 11.4. The highest BCUT2D eigenvalue weighted by Crippen LogP contribution is 2.40. The van der Waals surface area contributed by atoms with Crippen LogP contribution in [0.25, 0.3) is 6.08 Å². The number of benzene rings is 3. The third-order valence-electron chi connectivity index (χ3n) is 5.34. The van der Waals surface area contributed by atoms with Gasteiger partial charge in [-0.2, -0.15) is 0 Å². The standard InChI is InChI=1S/C25H17BrClFO5/c1-13-4-19(31-11-14-2-3-18(28)8-20(14)27)9-21-23(13)24(29)22(33-21)7-15-5-17(26)6-16-10-30-12-32-25(15)16/h2-9H,10-12H2,1H3/b22-7-. The molecule has 2 aliphatic rings. The van der Waals surface area contributed by atoms with Crippen LogP contribution in [0.4, 0.5) is 4.39 Å². The highest BCUT2D eigenvalue weighted by molar-refractivity contribution is 9.10. The topological polar surface area (TPSA) is 54.0 Å². The number of Topliss-reactive ketones (excluding diaryl/α,β-unsaturated/α-hetero) is 1. The van der Waals surface area contributed by atoms with Crippen LogP contribution in [0.15, 0.2) is 52.7 Å². The second-order valence-corrected chi connectivity index (χ2v) is 8.99. The van der Waals surface area contributed by atoms with Gasteiger partial charge >= 0.3 is 0 Å². The molecular weight excluding hydrogens is 515 g/mol. The van der Waals surface area contributed by atoms with Crippen molar-refractivity contribution in [1.82, 2.24) is 0 Å². The van der Waals surface area contributed by atoms with Gasteiger partial charge in [-0.15, -0.1) is 0 Å². The van der Waals surface area contributed by atoms with Crippen molar-refractivity contribution in [2.24, 2.45) is 0 Å². The first-order valence-corrected chi connectivity index (χ1v) is 11.2. The molecule has 0 aliphatic carbocycles. The van der Waals surface area contributed by atoms with E-state index in [4.69, 9.17) is 30.5 Å². The summed E-state index contributed by atoms with van der Waals surface area (Å²) in [5.74, 6) is 1.17. The first-order chi connectivity index (χ1) is 15.9. The van der Waals surface area contributed by atoms with Gasteiger partial charge in [0.1, 0.15) is 29.7 Å². The van der Waals surface area contributed by atoms with Gasteiger partial charge in [-0.3, -0.25) is 4.79 Å². The smallest absolute Gasteiger partial charge is 0.232 e. The molecule has 0 unspecified atom stereocenters. The van der Waals surface area contributed by atoms with Crippen molar-refractivity contribution < 1.29 is 28.1 Å². The molecule has 0 spiro atoms. The van der Waals surface area contributed by atoms with E-state index in [0.717, 1.165) is 21.2 Å². The van der Waals surface area contributed by atoms with Crippen LogP contribution in [0.2, 0.25) is 5.02 Å². The first-order valence-electron chi connectivity index (χ1n) is 10.1. The fraction of sp³-hybridized carbons (Fsp3) is 0.160. The van der Waals surface area contributed by atoms with Crippen molar-refractivity contribution in [3.8, 4) is 17.2 Å². The van der Waals surface area contributed by atoms with Crippen LogP contribution in [0, 0.1) is 12.7 Å². The Morgan fingerprint density at radius 1 is 1.21 bits per heavy atom. The van der Waals surface area contributed by atoms with Crippen molar-refractivity contribution in [2.75, 3.05) is 6.79 Å². The number of ketones is 1. The van der Waals surface area contributed by atoms with Crippen LogP contribution in [-0.4, -0.2) is 12.6 Å². The molecule has 2 heterocycles. The number of carbonyl (C=O) groups excluding carboxylic acids is 1. The molecular formula is C25H17BrClFO5. The van der Waals surface area contributed by atoms with Crippen LogP contribution in [0.1, 0.15) is 32.6 Å². The van der Waals surface area contributed by atoms with Crippen LogP contribution in [0.5, 0.6) is 17.2 Å². The SMILES string of the molecule is Cc1cc(OCc2ccc(F)cc2Cl)cc2c1C(=O)/C(=C/c1cc(Br)cc3c1OCOC3)O2. The van der Waals surface area contributed by atoms with Crippen molar-refractivity contribution in [2.45, 2.75) is 20.1 Å². The molecule has 2 aliphatic heterocycles. The summed E-state index contributed by atoms with van der Waals surface area (Å²) < 4.78 is 36.9. The lowest BCUT2D eigenvalue weighted by molar-refractivity contribution is -0.0165. The van der Waals surface area contributed by atoms with Crippen molar-refractivity contribution >= 4 is 39.4 Å². The van der Waals surface area contributed by atoms with Gasteiger partial charge in [0, 0.05) is 27.2 Å². The number of aryl methyl sites for hydroxylation is 1. The zero-order chi connectivity index (χ0) is 23.1. The first kappa shape index (κ1) is 21.9. The van der Waals surface area contributed by atoms with Gasteiger partial charge in [0.2, 0.25) is 5.78 Å². The zero-order valence-electron chi connectivity index (χ0n) is 17.4. The molecule has 3 aromatic carbocycles. The van der Waals surface area contributed by atoms with Crippen LogP contribution < -0.4 is 14.2 Å². The Morgan fingerprint density at radius 2 is 2.06 bits per heavy atom. The largest absolute Gasteiger partial charge is 0.489 e. The maximum atomic E-state index is 13.3. The van der Waals surface area contributed by atoms with Gasteiger partial charge in [-0.1, -0.05) is 33.6 Å². The van der Waals surface area contributed by atoms with E-state index >= 15 is 0 Å². The Bertz CT molecular complexity index is 1320. The number of allylic oxidation sites excluding steroid dienone is 1. The Balaban J connectivity index is 1.42. The molecule has 5 nitrogen and oxygen atoms in total. The minimum Gasteiger partial charge on any atom is -0.489 e. The van der Waals surface area contributed by atoms with Crippen LogP contribution in [0.3, 0.4) is 0 Å². The fourth-order valence-electron chi connectivity index (χ4n) is 3.82. The Labute approximate surface area is 202 Å². The van der Waals surface area contributed by atoms with E-state index in [1.165, 1.54) is 12.1 Å². The van der Waals surface area contributed by atoms with Crippen LogP contribution >= 0.6 is 27.5 Å². The lowest BCUT2D eigenvalue weighted by Gasteiger charge is -2.20. The van der Waals surface area contributed by atoms with Crippen molar-refractivity contribution in [3.63, 3.8) is 0 Å². The molecule has 3 aromatic rings. The highest BCUT2D eigenvalue weighted by atomic mass is 79.9. The summed E-state index contributed by atoms with van der Waals surface area (Å²) in [7, 11) is 0. The number of halogens is 3. The predicted octanol–water partition coefficient (Wildman–Crippen LogP) is 6.61. The molecule has 0 fully saturated rings. The number of hydrogen-bond donors (Lipinski definition) is 0. The zero-order valence-corrected chi connectivity index (χ0v) is 19.8. The minimum atomic E-state index is -0.409. The second kappa shape index (κ2) is 8.82. The average molecular weight is 532 g/mol. The number of rotatable bonds is 4. The van der Waals surface area contributed by atoms with E-state index < -0.39 is 5.82 Å². The molecule has 0 radical (unpaired) electrons. The van der Waals surface area contributed by atoms with E-state index in [1.54, 1.807) is 24.3 Å². The molecule has 0 atom stereocenters. The predicted molar refractivity (Wildman–Crippen MR) is 124 cm³/mol. The van der Waals surface area contributed by atoms with Crippen molar-refractivity contribution in [3.05, 3.63) is 91.4 Å². The monoisotopic (exact) mass is 530 g/mol. The molecule has 168 valence electrons. The molecule has 0 N–H and O–H groups in total. The minimum absolute atomic E-state index is 0.150. The quantitative estimate of drug-likeness (QED) is 0.355. The number of ether oxygens (including phenoxy) is 4. The summed E-state index contributed by atoms with van der Waals surface area (Å²) in [6.07, 6.45) is 1.68. The average Bonchev–Trinajstić information content (AvgIpc) is 3.08. The summed E-state index contributed by atoms with van der Waals surface area (Å²) >= 11 is 9.57. The molecule has 0 saturated heterocycles. The Hall–Kier alpha value is -2.87. The number of fused-ring (bicyclic) bond motifs is 2. The third-order valence-corrected chi connectivity index (χ3v) is 6.15. The maximum absolute atomic E-state index is 13.3. The Kier molecular flexibility index (Phi) is 5.86. The van der Waals surface area contributed by atoms with E-state index in [9.17, 15) is 9.18 Å². The summed E-state index contributed by atoms with van der Waals surface area (Å²) in [5, 5.41) is 0.287. The third kappa shape index (κ3) is 4.36. The highest BCUT2D eigenvalue weighted by Gasteiger charge is 2.31. The molecule has 8 heteroatoms. The summed E-state index contributed by atoms with van der Waals surface area (Å²) in [4.78, 5) is 13.1. The van der Waals surface area contributed by atoms with Gasteiger partial charge in [-0.05, 0) is 48.9 Å². The molecule has 0 bridgehead atoms. The van der Waals surface area contributed by atoms with E-state index in [1.807, 2.05) is 19.1 Å². The van der Waals surface area contributed by atoms with E-state index in [0.29, 0.717) is 35.0 Å². The van der Waals surface area contributed by atoms with Crippen LogP contribution in [-0.2, 0) is 18.0 Å².